The first-order chi connectivity index (χ1) is 16.5. The van der Waals surface area contributed by atoms with Crippen molar-refractivity contribution in [3.63, 3.8) is 0 Å². The second kappa shape index (κ2) is 11.6. The number of alkyl halides is 2. The largest absolute Gasteiger partial charge is 0.366 e. The molecule has 0 fully saturated rings. The van der Waals surface area contributed by atoms with Crippen molar-refractivity contribution < 1.29 is 33.2 Å². The number of hydroxylamine groups is 1. The van der Waals surface area contributed by atoms with Gasteiger partial charge in [-0.3, -0.25) is 19.6 Å². The number of carbonyl (C=O) groups is 4. The zero-order valence-electron chi connectivity index (χ0n) is 18.7. The molecule has 0 aliphatic carbocycles. The van der Waals surface area contributed by atoms with Gasteiger partial charge in [-0.05, 0) is 55.5 Å². The fourth-order valence-corrected chi connectivity index (χ4v) is 2.89. The lowest BCUT2D eigenvalue weighted by Gasteiger charge is -2.36. The average Bonchev–Trinajstić information content (AvgIpc) is 2.85. The molecule has 0 bridgehead atoms. The van der Waals surface area contributed by atoms with Gasteiger partial charge in [-0.25, -0.2) is 19.1 Å². The van der Waals surface area contributed by atoms with E-state index in [1.54, 1.807) is 12.1 Å². The fourth-order valence-electron chi connectivity index (χ4n) is 2.89. The van der Waals surface area contributed by atoms with Gasteiger partial charge in [-0.2, -0.15) is 0 Å². The number of carbonyl (C=O) groups excluding carboxylic acids is 4. The summed E-state index contributed by atoms with van der Waals surface area (Å²) in [6, 6.07) is 8.96. The highest BCUT2D eigenvalue weighted by molar-refractivity contribution is 5.98. The van der Waals surface area contributed by atoms with Gasteiger partial charge in [0, 0.05) is 29.3 Å². The van der Waals surface area contributed by atoms with E-state index in [9.17, 15) is 28.0 Å². The molecule has 0 saturated carbocycles. The Bertz CT molecular complexity index is 1160. The maximum absolute atomic E-state index is 13.8. The summed E-state index contributed by atoms with van der Waals surface area (Å²) in [6.45, 7) is 0.849. The van der Waals surface area contributed by atoms with Gasteiger partial charge in [-0.1, -0.05) is 11.8 Å². The quantitative estimate of drug-likeness (QED) is 0.193. The number of hydrogen-bond acceptors (Lipinski definition) is 5. The number of nitrogens with one attached hydrogen (secondary N) is 4. The summed E-state index contributed by atoms with van der Waals surface area (Å²) in [4.78, 5) is 47.5. The van der Waals surface area contributed by atoms with Crippen LogP contribution in [0.25, 0.3) is 0 Å². The molecule has 0 radical (unpaired) electrons. The minimum Gasteiger partial charge on any atom is -0.366 e. The molecule has 1 unspecified atom stereocenters. The number of amides is 5. The van der Waals surface area contributed by atoms with Gasteiger partial charge in [0.15, 0.2) is 0 Å². The van der Waals surface area contributed by atoms with E-state index < -0.39 is 41.8 Å². The van der Waals surface area contributed by atoms with Crippen molar-refractivity contribution in [1.29, 1.82) is 0 Å². The summed E-state index contributed by atoms with van der Waals surface area (Å²) in [7, 11) is 1.18. The van der Waals surface area contributed by atoms with Crippen LogP contribution in [-0.2, 0) is 4.79 Å². The van der Waals surface area contributed by atoms with E-state index >= 15 is 0 Å². The number of halogens is 2. The van der Waals surface area contributed by atoms with Crippen molar-refractivity contribution in [2.45, 2.75) is 24.9 Å². The maximum atomic E-state index is 13.8. The monoisotopic (exact) mass is 487 g/mol. The Balaban J connectivity index is 2.22. The molecule has 0 spiro atoms. The molecule has 0 aliphatic heterocycles. The molecule has 5 amide bonds. The van der Waals surface area contributed by atoms with Crippen molar-refractivity contribution in [2.75, 3.05) is 7.05 Å². The molecule has 35 heavy (non-hydrogen) atoms. The Morgan fingerprint density at radius 2 is 1.43 bits per heavy atom. The second-order valence-corrected chi connectivity index (χ2v) is 7.44. The van der Waals surface area contributed by atoms with Crippen LogP contribution in [0.4, 0.5) is 13.6 Å². The first-order valence-corrected chi connectivity index (χ1v) is 10.1. The SMILES string of the molecule is CNC(=O)NC(C)(C(F)F)[C@H](NC(=O)c1ccc(C#Cc2ccc(C(N)=O)cc2)cc1)C(=O)NO. The lowest BCUT2D eigenvalue weighted by Crippen LogP contribution is -2.69. The second-order valence-electron chi connectivity index (χ2n) is 7.44. The van der Waals surface area contributed by atoms with E-state index in [-0.39, 0.29) is 5.56 Å². The van der Waals surface area contributed by atoms with Gasteiger partial charge in [0.05, 0.1) is 0 Å². The molecule has 2 aromatic rings. The third-order valence-electron chi connectivity index (χ3n) is 4.98. The van der Waals surface area contributed by atoms with Crippen LogP contribution in [0.5, 0.6) is 0 Å². The number of rotatable bonds is 7. The molecule has 2 atom stereocenters. The van der Waals surface area contributed by atoms with Gasteiger partial charge in [-0.15, -0.1) is 0 Å². The Morgan fingerprint density at radius 3 is 1.83 bits per heavy atom. The number of benzene rings is 2. The van der Waals surface area contributed by atoms with Gasteiger partial charge in [0.25, 0.3) is 18.2 Å². The summed E-state index contributed by atoms with van der Waals surface area (Å²) in [5.74, 6) is 2.91. The summed E-state index contributed by atoms with van der Waals surface area (Å²) in [5.41, 5.74) is 5.33. The van der Waals surface area contributed by atoms with E-state index in [0.29, 0.717) is 16.7 Å². The highest BCUT2D eigenvalue weighted by atomic mass is 19.3. The van der Waals surface area contributed by atoms with Gasteiger partial charge in [0.2, 0.25) is 5.91 Å². The topological polar surface area (TPSA) is 163 Å². The smallest absolute Gasteiger partial charge is 0.315 e. The average molecular weight is 487 g/mol. The summed E-state index contributed by atoms with van der Waals surface area (Å²) in [6.07, 6.45) is -3.29. The standard InChI is InChI=1S/C23H23F2N5O5/c1-23(21(24)25,29-22(34)27-2)17(20(33)30-35)28-19(32)16-11-7-14(8-12-16)4-3-13-5-9-15(10-6-13)18(26)31/h5-12,17,21,35H,1-2H3,(H2,26,31)(H,28,32)(H,30,33)(H2,27,29,34)/t17-,23?/m1/s1. The van der Waals surface area contributed by atoms with Gasteiger partial charge >= 0.3 is 6.03 Å². The zero-order valence-corrected chi connectivity index (χ0v) is 18.7. The van der Waals surface area contributed by atoms with Crippen molar-refractivity contribution in [3.8, 4) is 11.8 Å². The Labute approximate surface area is 199 Å². The van der Waals surface area contributed by atoms with E-state index in [4.69, 9.17) is 10.9 Å². The highest BCUT2D eigenvalue weighted by Crippen LogP contribution is 2.21. The Morgan fingerprint density at radius 1 is 0.943 bits per heavy atom. The third kappa shape index (κ3) is 6.75. The molecule has 7 N–H and O–H groups in total. The van der Waals surface area contributed by atoms with Crippen molar-refractivity contribution in [3.05, 3.63) is 70.8 Å². The predicted octanol–water partition coefficient (Wildman–Crippen LogP) is 0.742. The molecular formula is C23H23F2N5O5. The van der Waals surface area contributed by atoms with E-state index in [1.807, 2.05) is 5.32 Å². The summed E-state index contributed by atoms with van der Waals surface area (Å²) >= 11 is 0. The molecule has 2 rings (SSSR count). The molecule has 12 heteroatoms. The van der Waals surface area contributed by atoms with Crippen LogP contribution in [0.1, 0.15) is 38.8 Å². The molecule has 184 valence electrons. The van der Waals surface area contributed by atoms with Gasteiger partial charge < -0.3 is 21.7 Å². The minimum absolute atomic E-state index is 0.00802. The molecule has 0 aromatic heterocycles. The summed E-state index contributed by atoms with van der Waals surface area (Å²) in [5, 5.41) is 15.1. The van der Waals surface area contributed by atoms with Crippen LogP contribution in [0.3, 0.4) is 0 Å². The fraction of sp³-hybridized carbons (Fsp3) is 0.217. The minimum atomic E-state index is -3.29. The highest BCUT2D eigenvalue weighted by Gasteiger charge is 2.48. The molecule has 10 nitrogen and oxygen atoms in total. The van der Waals surface area contributed by atoms with Gasteiger partial charge in [0.1, 0.15) is 11.6 Å². The first-order valence-electron chi connectivity index (χ1n) is 10.1. The van der Waals surface area contributed by atoms with Crippen molar-refractivity contribution in [1.82, 2.24) is 21.4 Å². The molecular weight excluding hydrogens is 464 g/mol. The molecule has 0 saturated heterocycles. The lowest BCUT2D eigenvalue weighted by atomic mass is 9.91. The zero-order chi connectivity index (χ0) is 26.2. The Hall–Kier alpha value is -4.50. The maximum Gasteiger partial charge on any atom is 0.315 e. The van der Waals surface area contributed by atoms with Crippen LogP contribution in [0.2, 0.25) is 0 Å². The first kappa shape index (κ1) is 26.7. The van der Waals surface area contributed by atoms with Crippen LogP contribution >= 0.6 is 0 Å². The predicted molar refractivity (Wildman–Crippen MR) is 121 cm³/mol. The number of urea groups is 1. The van der Waals surface area contributed by atoms with Crippen LogP contribution < -0.4 is 27.2 Å². The molecule has 2 aromatic carbocycles. The number of primary amides is 1. The lowest BCUT2D eigenvalue weighted by molar-refractivity contribution is -0.135. The van der Waals surface area contributed by atoms with Crippen LogP contribution in [0.15, 0.2) is 48.5 Å². The van der Waals surface area contributed by atoms with Crippen LogP contribution in [-0.4, -0.2) is 54.0 Å². The van der Waals surface area contributed by atoms with Crippen molar-refractivity contribution in [2.24, 2.45) is 5.73 Å². The van der Waals surface area contributed by atoms with E-state index in [1.165, 1.54) is 48.9 Å². The molecule has 0 aliphatic rings. The normalized spacial score (nSPS) is 12.9. The van der Waals surface area contributed by atoms with E-state index in [2.05, 4.69) is 22.5 Å². The summed E-state index contributed by atoms with van der Waals surface area (Å²) < 4.78 is 27.7. The van der Waals surface area contributed by atoms with Crippen LogP contribution in [0, 0.1) is 11.8 Å². The van der Waals surface area contributed by atoms with Crippen molar-refractivity contribution >= 4 is 23.8 Å². The van der Waals surface area contributed by atoms with E-state index in [0.717, 1.165) is 6.92 Å². The molecule has 0 heterocycles. The third-order valence-corrected chi connectivity index (χ3v) is 4.98. The Kier molecular flexibility index (Phi) is 8.85. The number of nitrogens with two attached hydrogens (primary N) is 1. The number of hydrogen-bond donors (Lipinski definition) is 6.